The summed E-state index contributed by atoms with van der Waals surface area (Å²) in [4.78, 5) is 85.9. The zero-order valence-corrected chi connectivity index (χ0v) is 46.2. The first kappa shape index (κ1) is 55.1. The summed E-state index contributed by atoms with van der Waals surface area (Å²) in [5.41, 5.74) is 4.53. The lowest BCUT2D eigenvalue weighted by Crippen LogP contribution is -2.47. The number of likely N-dealkylation sites (tertiary alicyclic amines) is 3. The number of ether oxygens (including phenoxy) is 1. The molecule has 1 unspecified atom stereocenters. The topological polar surface area (TPSA) is 171 Å². The monoisotopic (exact) mass is 1080 g/mol. The molecule has 16 nitrogen and oxygen atoms in total. The summed E-state index contributed by atoms with van der Waals surface area (Å²) in [5, 5.41) is 10.4. The Kier molecular flexibility index (Phi) is 15.7. The number of aryl methyl sites for hydroxylation is 2. The van der Waals surface area contributed by atoms with Crippen LogP contribution in [0.2, 0.25) is 0 Å². The predicted octanol–water partition coefficient (Wildman–Crippen LogP) is 8.16. The van der Waals surface area contributed by atoms with Crippen LogP contribution in [0.1, 0.15) is 118 Å². The Labute approximate surface area is 460 Å². The van der Waals surface area contributed by atoms with E-state index in [9.17, 15) is 28.8 Å². The molecule has 6 heterocycles. The van der Waals surface area contributed by atoms with E-state index in [0.29, 0.717) is 28.2 Å². The number of piperidine rings is 4. The molecule has 4 aromatic carbocycles. The van der Waals surface area contributed by atoms with Gasteiger partial charge in [0.05, 0.1) is 30.2 Å². The lowest BCUT2D eigenvalue weighted by atomic mass is 9.90. The largest absolute Gasteiger partial charge is 0.444 e. The van der Waals surface area contributed by atoms with Gasteiger partial charge in [0.25, 0.3) is 11.8 Å². The number of nitrogens with zero attached hydrogens (tertiary/aromatic N) is 6. The van der Waals surface area contributed by atoms with Crippen LogP contribution < -0.4 is 26.5 Å². The molecule has 3 N–H and O–H groups in total. The van der Waals surface area contributed by atoms with Gasteiger partial charge in [0.1, 0.15) is 17.7 Å². The Hall–Kier alpha value is -7.26. The van der Waals surface area contributed by atoms with Crippen molar-refractivity contribution < 1.29 is 37.5 Å². The molecule has 0 radical (unpaired) electrons. The maximum Gasteiger partial charge on any atom is 0.410 e. The highest BCUT2D eigenvalue weighted by atomic mass is 19.3. The second-order valence-corrected chi connectivity index (χ2v) is 23.5. The third-order valence-corrected chi connectivity index (χ3v) is 16.8. The molecule has 5 amide bonds. The van der Waals surface area contributed by atoms with E-state index in [1.54, 1.807) is 57.5 Å². The van der Waals surface area contributed by atoms with E-state index >= 15 is 8.78 Å². The third kappa shape index (κ3) is 12.0. The number of anilines is 2. The zero-order chi connectivity index (χ0) is 55.9. The molecule has 418 valence electrons. The first-order valence-electron chi connectivity index (χ1n) is 28.1. The van der Waals surface area contributed by atoms with E-state index in [1.165, 1.54) is 4.57 Å². The normalized spacial score (nSPS) is 21.2. The molecule has 0 spiro atoms. The number of halogens is 2. The maximum absolute atomic E-state index is 15.2. The molecular weight excluding hydrogens is 1010 g/mol. The molecule has 5 saturated heterocycles. The highest BCUT2D eigenvalue weighted by Crippen LogP contribution is 2.35. The second kappa shape index (κ2) is 22.5. The summed E-state index contributed by atoms with van der Waals surface area (Å²) in [6.07, 6.45) is 5.20. The smallest absolute Gasteiger partial charge is 0.410 e. The number of hydrogen-bond donors (Lipinski definition) is 3. The molecule has 5 fully saturated rings. The third-order valence-electron chi connectivity index (χ3n) is 16.8. The summed E-state index contributed by atoms with van der Waals surface area (Å²) in [6, 6.07) is 20.5. The molecular formula is C61H73F2N9O7. The van der Waals surface area contributed by atoms with Crippen molar-refractivity contribution in [3.05, 3.63) is 106 Å². The van der Waals surface area contributed by atoms with Crippen LogP contribution in [0.15, 0.2) is 77.6 Å². The number of fused-ring (bicyclic) bond motifs is 2. The van der Waals surface area contributed by atoms with E-state index in [-0.39, 0.29) is 60.7 Å². The van der Waals surface area contributed by atoms with Crippen molar-refractivity contribution in [2.75, 3.05) is 69.1 Å². The number of amides is 5. The van der Waals surface area contributed by atoms with Crippen molar-refractivity contribution in [2.24, 2.45) is 24.8 Å². The van der Waals surface area contributed by atoms with Gasteiger partial charge in [-0.3, -0.25) is 38.5 Å². The molecule has 79 heavy (non-hydrogen) atoms. The van der Waals surface area contributed by atoms with Crippen LogP contribution in [-0.2, 0) is 26.2 Å². The second-order valence-electron chi connectivity index (χ2n) is 23.5. The lowest BCUT2D eigenvalue weighted by Gasteiger charge is -2.39. The standard InChI is InChI=1S/C61H73F2N9O7/c1-38-11-15-44(65-53-36-71(37-61(53,62)63)59(78)79-60(3,4)5)33-49(38)55(74)64-39(2)46-17-14-42(47-9-7-8-10-48(46)47)13-12-40-21-27-68(28-22-40)35-41-23-29-70(30-24-41)57(76)43-25-31-69(32-26-43)45-16-18-50-52(34-45)67(6)58(77)72(50)51-19-20-54(73)66-56(51)75/h7-11,14-18,33-34,39-41,43,51,53,65H,19-32,35-37H2,1-6H3,(H,64,74)(H,66,73,75)/t39-,51?,53-/m1/s1. The van der Waals surface area contributed by atoms with Crippen molar-refractivity contribution in [1.29, 1.82) is 0 Å². The molecule has 5 aliphatic rings. The molecule has 18 heteroatoms. The number of carbonyl (C=O) groups is 5. The minimum Gasteiger partial charge on any atom is -0.444 e. The number of carbonyl (C=O) groups excluding carboxylic acids is 5. The zero-order valence-electron chi connectivity index (χ0n) is 46.2. The summed E-state index contributed by atoms with van der Waals surface area (Å²) < 4.78 is 38.7. The number of alkyl halides is 2. The van der Waals surface area contributed by atoms with Crippen LogP contribution in [-0.4, -0.2) is 130 Å². The predicted molar refractivity (Wildman–Crippen MR) is 300 cm³/mol. The first-order valence-corrected chi connectivity index (χ1v) is 28.1. The van der Waals surface area contributed by atoms with Gasteiger partial charge in [-0.25, -0.2) is 18.4 Å². The van der Waals surface area contributed by atoms with Crippen molar-refractivity contribution in [1.82, 2.24) is 34.5 Å². The van der Waals surface area contributed by atoms with E-state index in [2.05, 4.69) is 48.6 Å². The minimum absolute atomic E-state index is 0.0131. The number of nitrogens with one attached hydrogen (secondary N) is 3. The molecule has 3 atom stereocenters. The molecule has 1 aromatic heterocycles. The SMILES string of the molecule is Cc1ccc(N[C@@H]2CN(C(=O)OC(C)(C)C)CC2(F)F)cc1C(=O)N[C@H](C)c1ccc(C#CC2CCN(CC3CCN(C(=O)C4CCN(c5ccc6c(c5)n(C)c(=O)n6C5CCC(=O)NC5=O)CC4)CC3)CC2)c2ccccc12. The van der Waals surface area contributed by atoms with Crippen LogP contribution in [0.4, 0.5) is 25.0 Å². The number of imide groups is 1. The summed E-state index contributed by atoms with van der Waals surface area (Å²) in [6.45, 7) is 13.8. The van der Waals surface area contributed by atoms with Crippen molar-refractivity contribution in [2.45, 2.75) is 116 Å². The number of imidazole rings is 1. The Bertz CT molecular complexity index is 3290. The minimum atomic E-state index is -3.21. The van der Waals surface area contributed by atoms with Crippen LogP contribution >= 0.6 is 0 Å². The highest BCUT2D eigenvalue weighted by molar-refractivity contribution is 6.00. The van der Waals surface area contributed by atoms with E-state index in [4.69, 9.17) is 4.74 Å². The molecule has 0 saturated carbocycles. The van der Waals surface area contributed by atoms with Crippen LogP contribution in [0, 0.1) is 36.5 Å². The number of aromatic nitrogens is 2. The highest BCUT2D eigenvalue weighted by Gasteiger charge is 2.51. The van der Waals surface area contributed by atoms with Gasteiger partial charge in [0, 0.05) is 80.5 Å². The van der Waals surface area contributed by atoms with Gasteiger partial charge >= 0.3 is 11.8 Å². The Morgan fingerprint density at radius 3 is 2.27 bits per heavy atom. The van der Waals surface area contributed by atoms with Gasteiger partial charge in [-0.05, 0) is 157 Å². The summed E-state index contributed by atoms with van der Waals surface area (Å²) >= 11 is 0. The lowest BCUT2D eigenvalue weighted by molar-refractivity contribution is -0.138. The average molecular weight is 1080 g/mol. The van der Waals surface area contributed by atoms with Gasteiger partial charge in [-0.2, -0.15) is 0 Å². The average Bonchev–Trinajstić information content (AvgIpc) is 4.13. The van der Waals surface area contributed by atoms with E-state index < -0.39 is 42.2 Å². The molecule has 5 aromatic rings. The van der Waals surface area contributed by atoms with Crippen LogP contribution in [0.25, 0.3) is 21.8 Å². The number of benzene rings is 4. The fourth-order valence-electron chi connectivity index (χ4n) is 12.3. The summed E-state index contributed by atoms with van der Waals surface area (Å²) in [5.74, 6) is 3.87. The van der Waals surface area contributed by atoms with Gasteiger partial charge in [0.15, 0.2) is 0 Å². The van der Waals surface area contributed by atoms with Gasteiger partial charge in [0.2, 0.25) is 17.7 Å². The number of hydrogen-bond acceptors (Lipinski definition) is 10. The molecule has 0 bridgehead atoms. The molecule has 10 rings (SSSR count). The van der Waals surface area contributed by atoms with Crippen molar-refractivity contribution >= 4 is 62.9 Å². The Balaban J connectivity index is 0.676. The van der Waals surface area contributed by atoms with E-state index in [0.717, 1.165) is 122 Å². The maximum atomic E-state index is 15.2. The fourth-order valence-corrected chi connectivity index (χ4v) is 12.3. The van der Waals surface area contributed by atoms with Crippen LogP contribution in [0.5, 0.6) is 0 Å². The van der Waals surface area contributed by atoms with Crippen LogP contribution in [0.3, 0.4) is 0 Å². The van der Waals surface area contributed by atoms with E-state index in [1.807, 2.05) is 55.5 Å². The number of rotatable bonds is 10. The van der Waals surface area contributed by atoms with Gasteiger partial charge in [-0.15, -0.1) is 0 Å². The Morgan fingerprint density at radius 2 is 1.56 bits per heavy atom. The van der Waals surface area contributed by atoms with Crippen molar-refractivity contribution in [3.8, 4) is 11.8 Å². The molecule has 0 aliphatic carbocycles. The quantitative estimate of drug-likeness (QED) is 0.0917. The molecule has 5 aliphatic heterocycles. The van der Waals surface area contributed by atoms with Gasteiger partial charge < -0.3 is 30.1 Å². The van der Waals surface area contributed by atoms with Gasteiger partial charge in [-0.1, -0.05) is 48.2 Å². The Morgan fingerprint density at radius 1 is 0.835 bits per heavy atom. The fraction of sp³-hybridized carbons (Fsp3) is 0.508. The van der Waals surface area contributed by atoms with Crippen molar-refractivity contribution in [3.63, 3.8) is 0 Å². The first-order chi connectivity index (χ1) is 37.7. The summed E-state index contributed by atoms with van der Waals surface area (Å²) in [7, 11) is 1.70.